The average molecular weight is 313 g/mol. The molecule has 0 aliphatic carbocycles. The van der Waals surface area contributed by atoms with Crippen LogP contribution in [-0.4, -0.2) is 50.5 Å². The zero-order chi connectivity index (χ0) is 16.7. The van der Waals surface area contributed by atoms with Crippen LogP contribution in [0, 0.1) is 0 Å². The highest BCUT2D eigenvalue weighted by Gasteiger charge is 2.10. The number of benzene rings is 1. The van der Waals surface area contributed by atoms with Crippen LogP contribution < -0.4 is 9.64 Å². The summed E-state index contributed by atoms with van der Waals surface area (Å²) in [6.45, 7) is 2.46. The summed E-state index contributed by atoms with van der Waals surface area (Å²) in [5.74, 6) is 1.65. The second kappa shape index (κ2) is 8.29. The highest BCUT2D eigenvalue weighted by Crippen LogP contribution is 2.17. The van der Waals surface area contributed by atoms with Crippen LogP contribution in [0.5, 0.6) is 5.75 Å². The molecule has 23 heavy (non-hydrogen) atoms. The molecule has 5 nitrogen and oxygen atoms in total. The van der Waals surface area contributed by atoms with Crippen molar-refractivity contribution >= 4 is 12.1 Å². The third kappa shape index (κ3) is 5.07. The normalized spacial score (nSPS) is 10.6. The van der Waals surface area contributed by atoms with Gasteiger partial charge in [-0.3, -0.25) is 4.79 Å². The first kappa shape index (κ1) is 17.0. The number of nitrogens with zero attached hydrogens (tertiary/aromatic N) is 3. The Morgan fingerprint density at radius 2 is 1.83 bits per heavy atom. The largest absolute Gasteiger partial charge is 0.497 e. The van der Waals surface area contributed by atoms with Crippen LogP contribution in [0.3, 0.4) is 0 Å². The minimum absolute atomic E-state index is 0.451. The number of carbonyl (C=O) groups excluding carboxylic acids is 1. The molecule has 0 aliphatic rings. The van der Waals surface area contributed by atoms with Gasteiger partial charge in [0.1, 0.15) is 17.3 Å². The summed E-state index contributed by atoms with van der Waals surface area (Å²) >= 11 is 0. The number of carbonyl (C=O) groups is 1. The molecule has 0 unspecified atom stereocenters. The van der Waals surface area contributed by atoms with E-state index in [9.17, 15) is 4.79 Å². The summed E-state index contributed by atoms with van der Waals surface area (Å²) in [5, 5.41) is 0. The van der Waals surface area contributed by atoms with Gasteiger partial charge in [-0.1, -0.05) is 18.2 Å². The van der Waals surface area contributed by atoms with Gasteiger partial charge in [0.25, 0.3) is 0 Å². The Kier molecular flexibility index (Phi) is 6.11. The van der Waals surface area contributed by atoms with E-state index < -0.39 is 0 Å². The number of pyridine rings is 1. The Bertz CT molecular complexity index is 626. The molecule has 0 radical (unpaired) electrons. The van der Waals surface area contributed by atoms with Gasteiger partial charge in [0, 0.05) is 19.6 Å². The molecule has 0 N–H and O–H groups in total. The summed E-state index contributed by atoms with van der Waals surface area (Å²) in [5.41, 5.74) is 1.62. The van der Waals surface area contributed by atoms with E-state index in [0.717, 1.165) is 37.5 Å². The van der Waals surface area contributed by atoms with Crippen molar-refractivity contribution in [2.45, 2.75) is 6.54 Å². The number of anilines is 1. The predicted molar refractivity (Wildman–Crippen MR) is 92.2 cm³/mol. The topological polar surface area (TPSA) is 45.7 Å². The van der Waals surface area contributed by atoms with E-state index in [4.69, 9.17) is 4.74 Å². The smallest absolute Gasteiger partial charge is 0.168 e. The molecule has 0 saturated heterocycles. The summed E-state index contributed by atoms with van der Waals surface area (Å²) in [4.78, 5) is 19.7. The summed E-state index contributed by atoms with van der Waals surface area (Å²) in [6.07, 6.45) is 0.779. The van der Waals surface area contributed by atoms with Crippen molar-refractivity contribution in [3.63, 3.8) is 0 Å². The van der Waals surface area contributed by atoms with Crippen LogP contribution in [0.1, 0.15) is 16.1 Å². The van der Waals surface area contributed by atoms with Gasteiger partial charge in [-0.25, -0.2) is 4.98 Å². The quantitative estimate of drug-likeness (QED) is 0.701. The van der Waals surface area contributed by atoms with Crippen LogP contribution in [-0.2, 0) is 6.54 Å². The number of hydrogen-bond acceptors (Lipinski definition) is 5. The maximum Gasteiger partial charge on any atom is 0.168 e. The maximum absolute atomic E-state index is 11.0. The van der Waals surface area contributed by atoms with Gasteiger partial charge in [0.2, 0.25) is 0 Å². The molecule has 0 bridgehead atoms. The third-order valence-corrected chi connectivity index (χ3v) is 3.55. The van der Waals surface area contributed by atoms with Gasteiger partial charge in [0.05, 0.1) is 7.11 Å². The SMILES string of the molecule is COc1ccc(CN(CCN(C)C)c2cccc(C=O)n2)cc1. The van der Waals surface area contributed by atoms with E-state index >= 15 is 0 Å². The molecule has 0 atom stereocenters. The van der Waals surface area contributed by atoms with Gasteiger partial charge >= 0.3 is 0 Å². The minimum Gasteiger partial charge on any atom is -0.497 e. The van der Waals surface area contributed by atoms with Crippen LogP contribution in [0.25, 0.3) is 0 Å². The van der Waals surface area contributed by atoms with Crippen molar-refractivity contribution < 1.29 is 9.53 Å². The van der Waals surface area contributed by atoms with E-state index in [1.807, 2.05) is 50.5 Å². The highest BCUT2D eigenvalue weighted by atomic mass is 16.5. The second-order valence-corrected chi connectivity index (χ2v) is 5.61. The molecular formula is C18H23N3O2. The average Bonchev–Trinajstić information content (AvgIpc) is 2.59. The van der Waals surface area contributed by atoms with E-state index in [2.05, 4.69) is 14.8 Å². The molecule has 122 valence electrons. The fraction of sp³-hybridized carbons (Fsp3) is 0.333. The number of aromatic nitrogens is 1. The number of aldehydes is 1. The highest BCUT2D eigenvalue weighted by molar-refractivity contribution is 5.72. The summed E-state index contributed by atoms with van der Waals surface area (Å²) < 4.78 is 5.20. The Balaban J connectivity index is 2.19. The van der Waals surface area contributed by atoms with E-state index in [1.54, 1.807) is 13.2 Å². The first-order valence-corrected chi connectivity index (χ1v) is 7.57. The number of rotatable bonds is 8. The van der Waals surface area contributed by atoms with E-state index in [-0.39, 0.29) is 0 Å². The monoisotopic (exact) mass is 313 g/mol. The van der Waals surface area contributed by atoms with E-state index in [0.29, 0.717) is 5.69 Å². The standard InChI is InChI=1S/C18H23N3O2/c1-20(2)11-12-21(18-6-4-5-16(14-22)19-18)13-15-7-9-17(23-3)10-8-15/h4-10,14H,11-13H2,1-3H3. The molecule has 0 saturated carbocycles. The van der Waals surface area contributed by atoms with Crippen molar-refractivity contribution in [2.24, 2.45) is 0 Å². The third-order valence-electron chi connectivity index (χ3n) is 3.55. The minimum atomic E-state index is 0.451. The van der Waals surface area contributed by atoms with Gasteiger partial charge in [-0.05, 0) is 43.9 Å². The van der Waals surface area contributed by atoms with Crippen molar-refractivity contribution in [1.29, 1.82) is 0 Å². The molecule has 1 aromatic carbocycles. The lowest BCUT2D eigenvalue weighted by Crippen LogP contribution is -2.32. The molecule has 0 amide bonds. The number of ether oxygens (including phenoxy) is 1. The van der Waals surface area contributed by atoms with Crippen molar-refractivity contribution in [2.75, 3.05) is 39.2 Å². The van der Waals surface area contributed by atoms with Crippen molar-refractivity contribution in [1.82, 2.24) is 9.88 Å². The van der Waals surface area contributed by atoms with Crippen molar-refractivity contribution in [3.8, 4) is 5.75 Å². The maximum atomic E-state index is 11.0. The van der Waals surface area contributed by atoms with Crippen LogP contribution in [0.2, 0.25) is 0 Å². The molecule has 2 aromatic rings. The van der Waals surface area contributed by atoms with Gasteiger partial charge in [0.15, 0.2) is 6.29 Å². The molecule has 2 rings (SSSR count). The lowest BCUT2D eigenvalue weighted by Gasteiger charge is -2.25. The van der Waals surface area contributed by atoms with Crippen LogP contribution >= 0.6 is 0 Å². The number of likely N-dealkylation sites (N-methyl/N-ethyl adjacent to an activating group) is 1. The summed E-state index contributed by atoms with van der Waals surface area (Å²) in [6, 6.07) is 13.5. The fourth-order valence-corrected chi connectivity index (χ4v) is 2.23. The van der Waals surface area contributed by atoms with Gasteiger partial charge in [-0.2, -0.15) is 0 Å². The molecule has 5 heteroatoms. The molecule has 0 aliphatic heterocycles. The Morgan fingerprint density at radius 3 is 2.43 bits per heavy atom. The van der Waals surface area contributed by atoms with Crippen molar-refractivity contribution in [3.05, 3.63) is 53.7 Å². The second-order valence-electron chi connectivity index (χ2n) is 5.61. The van der Waals surface area contributed by atoms with E-state index in [1.165, 1.54) is 5.56 Å². The first-order chi connectivity index (χ1) is 11.1. The molecular weight excluding hydrogens is 290 g/mol. The van der Waals surface area contributed by atoms with Gasteiger partial charge in [-0.15, -0.1) is 0 Å². The Labute approximate surface area is 137 Å². The predicted octanol–water partition coefficient (Wildman–Crippen LogP) is 2.47. The zero-order valence-electron chi connectivity index (χ0n) is 13.9. The lowest BCUT2D eigenvalue weighted by molar-refractivity contribution is 0.111. The Morgan fingerprint density at radius 1 is 1.09 bits per heavy atom. The van der Waals surface area contributed by atoms with Crippen LogP contribution in [0.15, 0.2) is 42.5 Å². The fourth-order valence-electron chi connectivity index (χ4n) is 2.23. The molecule has 1 aromatic heterocycles. The number of hydrogen-bond donors (Lipinski definition) is 0. The zero-order valence-corrected chi connectivity index (χ0v) is 13.9. The summed E-state index contributed by atoms with van der Waals surface area (Å²) in [7, 11) is 5.74. The molecule has 1 heterocycles. The lowest BCUT2D eigenvalue weighted by atomic mass is 10.2. The first-order valence-electron chi connectivity index (χ1n) is 7.57. The Hall–Kier alpha value is -2.40. The van der Waals surface area contributed by atoms with Crippen LogP contribution in [0.4, 0.5) is 5.82 Å². The van der Waals surface area contributed by atoms with Gasteiger partial charge < -0.3 is 14.5 Å². The molecule has 0 fully saturated rings. The molecule has 0 spiro atoms. The number of methoxy groups -OCH3 is 1.